The molecule has 258 valence electrons. The van der Waals surface area contributed by atoms with E-state index in [4.69, 9.17) is 0 Å². The molecule has 0 atom stereocenters. The van der Waals surface area contributed by atoms with Crippen LogP contribution in [0.5, 0.6) is 0 Å². The number of hydrogen-bond donors (Lipinski definition) is 0. The highest BCUT2D eigenvalue weighted by molar-refractivity contribution is 9.11. The molecule has 0 aliphatic carbocycles. The van der Waals surface area contributed by atoms with E-state index >= 15 is 0 Å². The summed E-state index contributed by atoms with van der Waals surface area (Å²) in [7, 11) is 0. The molecule has 6 aromatic carbocycles. The van der Waals surface area contributed by atoms with Gasteiger partial charge in [-0.2, -0.15) is 0 Å². The fraction of sp³-hybridized carbons (Fsp3) is 0. The zero-order valence-corrected chi connectivity index (χ0v) is 36.0. The molecular formula is C45H26Br2S6-2. The maximum absolute atomic E-state index is 3.59. The first-order valence-electron chi connectivity index (χ1n) is 16.6. The Bertz CT molecular complexity index is 3110. The Balaban J connectivity index is 0.000000147. The maximum atomic E-state index is 3.59. The molecule has 8 heteroatoms. The summed E-state index contributed by atoms with van der Waals surface area (Å²) in [6.07, 6.45) is 0. The molecule has 12 aromatic rings. The zero-order valence-electron chi connectivity index (χ0n) is 28.9. The molecule has 0 saturated heterocycles. The molecule has 6 aromatic heterocycles. The van der Waals surface area contributed by atoms with Gasteiger partial charge < -0.3 is 8.85 Å². The van der Waals surface area contributed by atoms with E-state index in [1.54, 1.807) is 22.7 Å². The van der Waals surface area contributed by atoms with E-state index in [1.165, 1.54) is 109 Å². The summed E-state index contributed by atoms with van der Waals surface area (Å²) < 4.78 is 13.3. The third kappa shape index (κ3) is 5.99. The van der Waals surface area contributed by atoms with Crippen molar-refractivity contribution < 1.29 is 1.43 Å². The van der Waals surface area contributed by atoms with Gasteiger partial charge in [-0.05, 0) is 137 Å². The van der Waals surface area contributed by atoms with E-state index in [2.05, 4.69) is 165 Å². The summed E-state index contributed by atoms with van der Waals surface area (Å²) in [5, 5.41) is 10.8. The second kappa shape index (κ2) is 13.4. The van der Waals surface area contributed by atoms with Crippen molar-refractivity contribution in [2.45, 2.75) is 0 Å². The fourth-order valence-electron chi connectivity index (χ4n) is 7.11. The molecule has 0 N–H and O–H groups in total. The van der Waals surface area contributed by atoms with Crippen LogP contribution < -0.4 is 0 Å². The summed E-state index contributed by atoms with van der Waals surface area (Å²) >= 11 is 18.4. The fourth-order valence-corrected chi connectivity index (χ4v) is 15.0. The van der Waals surface area contributed by atoms with Crippen molar-refractivity contribution in [3.63, 3.8) is 0 Å². The molecule has 0 saturated carbocycles. The minimum atomic E-state index is 0. The number of hydrogen-bond acceptors (Lipinski definition) is 6. The molecule has 6 heterocycles. The molecule has 0 nitrogen and oxygen atoms in total. The predicted molar refractivity (Wildman–Crippen MR) is 254 cm³/mol. The molecule has 0 fully saturated rings. The van der Waals surface area contributed by atoms with Crippen LogP contribution in [-0.2, 0) is 0 Å². The lowest BCUT2D eigenvalue weighted by Gasteiger charge is -1.94. The van der Waals surface area contributed by atoms with Crippen LogP contribution in [0.15, 0.2) is 141 Å². The average Bonchev–Trinajstić information content (AvgIpc) is 4.01. The second-order valence-electron chi connectivity index (χ2n) is 12.8. The Kier molecular flexibility index (Phi) is 8.61. The van der Waals surface area contributed by atoms with Crippen LogP contribution in [0.3, 0.4) is 0 Å². The second-order valence-corrected chi connectivity index (χ2v) is 22.1. The lowest BCUT2D eigenvalue weighted by Crippen LogP contribution is -1.69. The van der Waals surface area contributed by atoms with E-state index in [0.717, 1.165) is 0 Å². The third-order valence-corrected chi connectivity index (χ3v) is 17.3. The van der Waals surface area contributed by atoms with E-state index in [1.807, 2.05) is 45.3 Å². The van der Waals surface area contributed by atoms with Crippen molar-refractivity contribution in [2.75, 3.05) is 0 Å². The van der Waals surface area contributed by atoms with Crippen molar-refractivity contribution in [3.05, 3.63) is 148 Å². The van der Waals surface area contributed by atoms with Gasteiger partial charge in [0.2, 0.25) is 0 Å². The van der Waals surface area contributed by atoms with Gasteiger partial charge in [0.15, 0.2) is 0 Å². The van der Waals surface area contributed by atoms with Gasteiger partial charge in [0.05, 0.1) is 7.57 Å². The van der Waals surface area contributed by atoms with Crippen LogP contribution in [0, 0.1) is 7.43 Å². The largest absolute Gasteiger partial charge is 1.00 e. The first kappa shape index (κ1) is 34.1. The molecule has 0 amide bonds. The zero-order chi connectivity index (χ0) is 34.5. The monoisotopic (exact) mass is 917 g/mol. The van der Waals surface area contributed by atoms with E-state index in [0.29, 0.717) is 0 Å². The van der Waals surface area contributed by atoms with Gasteiger partial charge in [0.25, 0.3) is 0 Å². The maximum Gasteiger partial charge on any atom is 0.0711 e. The van der Waals surface area contributed by atoms with Gasteiger partial charge in [0.1, 0.15) is 0 Å². The molecule has 0 unspecified atom stereocenters. The molecule has 0 bridgehead atoms. The number of benzene rings is 6. The Morgan fingerprint density at radius 3 is 1.00 bits per heavy atom. The van der Waals surface area contributed by atoms with Gasteiger partial charge in [-0.1, -0.05) is 60.7 Å². The van der Waals surface area contributed by atoms with Crippen molar-refractivity contribution in [2.24, 2.45) is 0 Å². The standard InChI is InChI=1S/C28H16S3.C16H6Br2S3.CH3.H/c1-3-7-17(8-4-1)23-13-19-11-21-22-12-20-14-24(18-9-5-2-6-10-18)30-26(20)16-28(22)31-27(21)15-25(19)29-23;17-15-3-7-1-9-10-2-8-4-16(18)21-12(8)6-14(10)19-13(9)5-11(7)20-15;;/h1-16H;1-6H;1H3;/q;;2*-1/i;;;1+1. The van der Waals surface area contributed by atoms with Crippen molar-refractivity contribution in [1.82, 2.24) is 0 Å². The van der Waals surface area contributed by atoms with Gasteiger partial charge in [-0.25, -0.2) is 0 Å². The Morgan fingerprint density at radius 1 is 0.321 bits per heavy atom. The Hall–Kier alpha value is -3.44. The van der Waals surface area contributed by atoms with Crippen molar-refractivity contribution in [3.8, 4) is 20.9 Å². The topological polar surface area (TPSA) is 0 Å². The van der Waals surface area contributed by atoms with Crippen molar-refractivity contribution in [1.29, 1.82) is 0 Å². The number of halogens is 2. The summed E-state index contributed by atoms with van der Waals surface area (Å²) in [5.74, 6) is 0. The SMILES string of the molecule is Brc1cc2cc3c(cc2s1)sc1cc2sc(Br)cc2cc13.[2H-].[CH3-].c1ccc(-c2cc3cc4c(cc3s2)sc2cc3sc(-c5ccccc5)cc3cc24)cc1. The van der Waals surface area contributed by atoms with Gasteiger partial charge >= 0.3 is 0 Å². The van der Waals surface area contributed by atoms with Gasteiger partial charge in [-0.15, -0.1) is 68.0 Å². The quantitative estimate of drug-likeness (QED) is 0.152. The lowest BCUT2D eigenvalue weighted by atomic mass is 10.1. The van der Waals surface area contributed by atoms with E-state index in [9.17, 15) is 0 Å². The van der Waals surface area contributed by atoms with Crippen LogP contribution in [0.25, 0.3) is 102 Å². The number of thiophene rings is 6. The Morgan fingerprint density at radius 2 is 0.642 bits per heavy atom. The highest BCUT2D eigenvalue weighted by Crippen LogP contribution is 2.45. The highest BCUT2D eigenvalue weighted by atomic mass is 79.9. The minimum absolute atomic E-state index is 0. The van der Waals surface area contributed by atoms with Crippen LogP contribution in [-0.4, -0.2) is 0 Å². The molecule has 0 spiro atoms. The smallest absolute Gasteiger partial charge is 0.0711 e. The normalized spacial score (nSPS) is 11.8. The van der Waals surface area contributed by atoms with Crippen LogP contribution >= 0.6 is 99.9 Å². The first-order valence-corrected chi connectivity index (χ1v) is 23.1. The summed E-state index contributed by atoms with van der Waals surface area (Å²) in [6.45, 7) is 0. The molecule has 12 rings (SSSR count). The van der Waals surface area contributed by atoms with Crippen LogP contribution in [0.1, 0.15) is 1.43 Å². The Labute approximate surface area is 347 Å². The minimum Gasteiger partial charge on any atom is -1.00 e. The highest BCUT2D eigenvalue weighted by Gasteiger charge is 2.14. The van der Waals surface area contributed by atoms with Gasteiger partial charge in [0, 0.05) is 68.9 Å². The summed E-state index contributed by atoms with van der Waals surface area (Å²) in [5.41, 5.74) is 2.59. The van der Waals surface area contributed by atoms with Crippen LogP contribution in [0.4, 0.5) is 0 Å². The first-order chi connectivity index (χ1) is 25.5. The predicted octanol–water partition coefficient (Wildman–Crippen LogP) is 18.4. The summed E-state index contributed by atoms with van der Waals surface area (Å²) in [6, 6.07) is 49.4. The third-order valence-electron chi connectivity index (χ3n) is 9.55. The van der Waals surface area contributed by atoms with Crippen molar-refractivity contribution >= 4 is 181 Å². The van der Waals surface area contributed by atoms with E-state index < -0.39 is 0 Å². The molecular weight excluding hydrogens is 893 g/mol. The summed E-state index contributed by atoms with van der Waals surface area (Å²) in [4.78, 5) is 2.68. The van der Waals surface area contributed by atoms with Gasteiger partial charge in [-0.3, -0.25) is 0 Å². The molecule has 0 radical (unpaired) electrons. The molecule has 0 aliphatic heterocycles. The number of rotatable bonds is 2. The van der Waals surface area contributed by atoms with Crippen LogP contribution in [0.2, 0.25) is 0 Å². The lowest BCUT2D eigenvalue weighted by molar-refractivity contribution is 1.70. The number of fused-ring (bicyclic) bond motifs is 10. The average molecular weight is 920 g/mol. The molecule has 0 aliphatic rings. The van der Waals surface area contributed by atoms with E-state index in [-0.39, 0.29) is 8.85 Å². The molecule has 53 heavy (non-hydrogen) atoms.